The van der Waals surface area contributed by atoms with E-state index in [4.69, 9.17) is 23.2 Å². The minimum atomic E-state index is -0.303. The molecule has 0 saturated carbocycles. The zero-order valence-corrected chi connectivity index (χ0v) is 9.22. The second-order valence-corrected chi connectivity index (χ2v) is 4.30. The van der Waals surface area contributed by atoms with E-state index >= 15 is 0 Å². The monoisotopic (exact) mass is 216 g/mol. The van der Waals surface area contributed by atoms with Crippen LogP contribution in [0.25, 0.3) is 0 Å². The minimum Gasteiger partial charge on any atom is -0.105 e. The van der Waals surface area contributed by atoms with Crippen LogP contribution in [0, 0.1) is 0 Å². The van der Waals surface area contributed by atoms with E-state index < -0.39 is 0 Å². The number of alkyl halides is 2. The van der Waals surface area contributed by atoms with Gasteiger partial charge in [0.25, 0.3) is 0 Å². The van der Waals surface area contributed by atoms with E-state index in [0.29, 0.717) is 0 Å². The molecule has 2 heteroatoms. The van der Waals surface area contributed by atoms with Crippen molar-refractivity contribution in [3.8, 4) is 0 Å². The third kappa shape index (κ3) is 3.21. The molecular weight excluding hydrogens is 203 g/mol. The molecule has 72 valence electrons. The summed E-state index contributed by atoms with van der Waals surface area (Å²) in [6, 6.07) is 10.2. The summed E-state index contributed by atoms with van der Waals surface area (Å²) in [6.07, 6.45) is 2.15. The Morgan fingerprint density at radius 1 is 1.15 bits per heavy atom. The van der Waals surface area contributed by atoms with Gasteiger partial charge in [-0.1, -0.05) is 43.7 Å². The van der Waals surface area contributed by atoms with Crippen molar-refractivity contribution < 1.29 is 0 Å². The molecule has 0 N–H and O–H groups in total. The van der Waals surface area contributed by atoms with Gasteiger partial charge in [-0.15, -0.1) is 23.2 Å². The van der Waals surface area contributed by atoms with Crippen molar-refractivity contribution in [3.05, 3.63) is 35.9 Å². The van der Waals surface area contributed by atoms with E-state index in [-0.39, 0.29) is 10.8 Å². The Morgan fingerprint density at radius 3 is 2.23 bits per heavy atom. The molecule has 0 aliphatic carbocycles. The molecule has 0 nitrogen and oxygen atoms in total. The van der Waals surface area contributed by atoms with Crippen molar-refractivity contribution >= 4 is 23.2 Å². The summed E-state index contributed by atoms with van der Waals surface area (Å²) in [7, 11) is 0. The first-order valence-electron chi connectivity index (χ1n) is 4.58. The number of hydrogen-bond acceptors (Lipinski definition) is 0. The van der Waals surface area contributed by atoms with Gasteiger partial charge in [-0.25, -0.2) is 0 Å². The topological polar surface area (TPSA) is 0 Å². The van der Waals surface area contributed by atoms with Crippen LogP contribution in [0.1, 0.15) is 31.2 Å². The summed E-state index contributed by atoms with van der Waals surface area (Å²) in [5.41, 5.74) is 1.24. The van der Waals surface area contributed by atoms with Gasteiger partial charge >= 0.3 is 0 Å². The summed E-state index contributed by atoms with van der Waals surface area (Å²) in [5, 5.41) is 0. The van der Waals surface area contributed by atoms with Crippen LogP contribution in [0.3, 0.4) is 0 Å². The zero-order valence-electron chi connectivity index (χ0n) is 7.71. The molecule has 0 spiro atoms. The third-order valence-electron chi connectivity index (χ3n) is 2.13. The Kier molecular flexibility index (Phi) is 4.61. The SMILES string of the molecule is CCCC(c1ccccc1)C(Cl)Cl. The van der Waals surface area contributed by atoms with E-state index in [9.17, 15) is 0 Å². The molecule has 0 heterocycles. The molecule has 0 aliphatic rings. The fourth-order valence-electron chi connectivity index (χ4n) is 1.45. The highest BCUT2D eigenvalue weighted by atomic mass is 35.5. The van der Waals surface area contributed by atoms with Gasteiger partial charge in [0.15, 0.2) is 0 Å². The first kappa shape index (κ1) is 10.9. The molecule has 0 aromatic heterocycles. The Bertz CT molecular complexity index is 231. The van der Waals surface area contributed by atoms with Gasteiger partial charge < -0.3 is 0 Å². The van der Waals surface area contributed by atoms with Crippen LogP contribution in [0.2, 0.25) is 0 Å². The quantitative estimate of drug-likeness (QED) is 0.656. The first-order valence-corrected chi connectivity index (χ1v) is 5.46. The average molecular weight is 217 g/mol. The lowest BCUT2D eigenvalue weighted by Gasteiger charge is -2.17. The van der Waals surface area contributed by atoms with E-state index in [2.05, 4.69) is 19.1 Å². The molecule has 1 unspecified atom stereocenters. The maximum Gasteiger partial charge on any atom is 0.114 e. The van der Waals surface area contributed by atoms with Crippen molar-refractivity contribution in [2.75, 3.05) is 0 Å². The number of benzene rings is 1. The predicted molar refractivity (Wildman–Crippen MR) is 59.6 cm³/mol. The molecule has 0 bridgehead atoms. The van der Waals surface area contributed by atoms with Gasteiger partial charge in [-0.3, -0.25) is 0 Å². The summed E-state index contributed by atoms with van der Waals surface area (Å²) < 4.78 is 0. The second kappa shape index (κ2) is 5.51. The lowest BCUT2D eigenvalue weighted by Crippen LogP contribution is -2.06. The maximum atomic E-state index is 5.92. The average Bonchev–Trinajstić information content (AvgIpc) is 2.15. The van der Waals surface area contributed by atoms with Crippen LogP contribution >= 0.6 is 23.2 Å². The van der Waals surface area contributed by atoms with Crippen LogP contribution in [0.5, 0.6) is 0 Å². The molecule has 0 fully saturated rings. The van der Waals surface area contributed by atoms with Crippen molar-refractivity contribution in [2.24, 2.45) is 0 Å². The highest BCUT2D eigenvalue weighted by Crippen LogP contribution is 2.30. The molecule has 0 amide bonds. The van der Waals surface area contributed by atoms with Crippen molar-refractivity contribution in [1.29, 1.82) is 0 Å². The van der Waals surface area contributed by atoms with Gasteiger partial charge in [-0.2, -0.15) is 0 Å². The number of halogens is 2. The zero-order chi connectivity index (χ0) is 9.68. The lowest BCUT2D eigenvalue weighted by atomic mass is 9.96. The standard InChI is InChI=1S/C11H14Cl2/c1-2-6-10(11(12)13)9-7-4-3-5-8-9/h3-5,7-8,10-11H,2,6H2,1H3. The predicted octanol–water partition coefficient (Wildman–Crippen LogP) is 4.37. The van der Waals surface area contributed by atoms with Crippen LogP contribution < -0.4 is 0 Å². The normalized spacial score (nSPS) is 13.2. The van der Waals surface area contributed by atoms with Crippen molar-refractivity contribution in [1.82, 2.24) is 0 Å². The van der Waals surface area contributed by atoms with Gasteiger partial charge in [0, 0.05) is 5.92 Å². The third-order valence-corrected chi connectivity index (χ3v) is 2.74. The van der Waals surface area contributed by atoms with Crippen LogP contribution in [-0.4, -0.2) is 4.84 Å². The molecule has 1 aromatic rings. The van der Waals surface area contributed by atoms with Crippen molar-refractivity contribution in [2.45, 2.75) is 30.5 Å². The smallest absolute Gasteiger partial charge is 0.105 e. The summed E-state index contributed by atoms with van der Waals surface area (Å²) >= 11 is 11.8. The van der Waals surface area contributed by atoms with E-state index in [0.717, 1.165) is 12.8 Å². The molecule has 0 aliphatic heterocycles. The maximum absolute atomic E-state index is 5.92. The van der Waals surface area contributed by atoms with Crippen LogP contribution in [-0.2, 0) is 0 Å². The molecule has 0 saturated heterocycles. The molecule has 0 radical (unpaired) electrons. The highest BCUT2D eigenvalue weighted by molar-refractivity contribution is 6.44. The Morgan fingerprint density at radius 2 is 1.77 bits per heavy atom. The molecule has 1 aromatic carbocycles. The molecule has 13 heavy (non-hydrogen) atoms. The van der Waals surface area contributed by atoms with Gasteiger partial charge in [-0.05, 0) is 12.0 Å². The number of hydrogen-bond donors (Lipinski definition) is 0. The lowest BCUT2D eigenvalue weighted by molar-refractivity contribution is 0.649. The Hall–Kier alpha value is -0.200. The van der Waals surface area contributed by atoms with Crippen molar-refractivity contribution in [3.63, 3.8) is 0 Å². The Balaban J connectivity index is 2.76. The molecular formula is C11H14Cl2. The highest BCUT2D eigenvalue weighted by Gasteiger charge is 2.17. The summed E-state index contributed by atoms with van der Waals surface area (Å²) in [6.45, 7) is 2.14. The fraction of sp³-hybridized carbons (Fsp3) is 0.455. The molecule has 1 atom stereocenters. The van der Waals surface area contributed by atoms with Gasteiger partial charge in [0.2, 0.25) is 0 Å². The minimum absolute atomic E-state index is 0.273. The van der Waals surface area contributed by atoms with Gasteiger partial charge in [0.1, 0.15) is 4.84 Å². The summed E-state index contributed by atoms with van der Waals surface area (Å²) in [4.78, 5) is -0.303. The largest absolute Gasteiger partial charge is 0.114 e. The first-order chi connectivity index (χ1) is 6.25. The number of rotatable bonds is 4. The van der Waals surface area contributed by atoms with Crippen LogP contribution in [0.15, 0.2) is 30.3 Å². The second-order valence-electron chi connectivity index (χ2n) is 3.14. The van der Waals surface area contributed by atoms with Gasteiger partial charge in [0.05, 0.1) is 0 Å². The fourth-order valence-corrected chi connectivity index (χ4v) is 1.99. The van der Waals surface area contributed by atoms with E-state index in [1.165, 1.54) is 5.56 Å². The molecule has 1 rings (SSSR count). The van der Waals surface area contributed by atoms with Crippen LogP contribution in [0.4, 0.5) is 0 Å². The van der Waals surface area contributed by atoms with E-state index in [1.54, 1.807) is 0 Å². The Labute approximate surface area is 89.9 Å². The summed E-state index contributed by atoms with van der Waals surface area (Å²) in [5.74, 6) is 0.273. The van der Waals surface area contributed by atoms with E-state index in [1.807, 2.05) is 18.2 Å².